The van der Waals surface area contributed by atoms with Gasteiger partial charge in [-0.15, -0.1) is 0 Å². The number of carbonyl (C=O) groups excluding carboxylic acids is 1. The maximum Gasteiger partial charge on any atom is 0.251 e. The first kappa shape index (κ1) is 22.2. The van der Waals surface area contributed by atoms with Gasteiger partial charge >= 0.3 is 0 Å². The van der Waals surface area contributed by atoms with Gasteiger partial charge in [-0.1, -0.05) is 24.3 Å². The maximum atomic E-state index is 13.0. The predicted molar refractivity (Wildman–Crippen MR) is 127 cm³/mol. The Hall–Kier alpha value is -4.00. The summed E-state index contributed by atoms with van der Waals surface area (Å²) in [7, 11) is 4.84. The highest BCUT2D eigenvalue weighted by Gasteiger charge is 2.15. The molecule has 0 bridgehead atoms. The third kappa shape index (κ3) is 4.77. The zero-order chi connectivity index (χ0) is 23.4. The molecule has 0 saturated carbocycles. The molecule has 0 spiro atoms. The van der Waals surface area contributed by atoms with Crippen LogP contribution in [-0.4, -0.2) is 37.0 Å². The van der Waals surface area contributed by atoms with Crippen molar-refractivity contribution in [1.82, 2.24) is 15.1 Å². The van der Waals surface area contributed by atoms with E-state index in [1.54, 1.807) is 21.3 Å². The number of methoxy groups -OCH3 is 3. The summed E-state index contributed by atoms with van der Waals surface area (Å²) < 4.78 is 17.9. The SMILES string of the molecule is COc1cccc(Cn2ncc3ccc(C(=O)N[C@@H](C)c4ccc(OC)c(OC)c4)cc32)c1. The smallest absolute Gasteiger partial charge is 0.251 e. The number of amides is 1. The zero-order valence-electron chi connectivity index (χ0n) is 19.2. The van der Waals surface area contributed by atoms with Crippen molar-refractivity contribution in [3.63, 3.8) is 0 Å². The normalized spacial score (nSPS) is 11.8. The van der Waals surface area contributed by atoms with Crippen LogP contribution in [0.1, 0.15) is 34.5 Å². The van der Waals surface area contributed by atoms with Gasteiger partial charge in [0.2, 0.25) is 0 Å². The molecule has 1 heterocycles. The second-order valence-corrected chi connectivity index (χ2v) is 7.74. The number of nitrogens with zero attached hydrogens (tertiary/aromatic N) is 2. The summed E-state index contributed by atoms with van der Waals surface area (Å²) in [5, 5.41) is 8.54. The Labute approximate surface area is 192 Å². The van der Waals surface area contributed by atoms with E-state index in [-0.39, 0.29) is 11.9 Å². The van der Waals surface area contributed by atoms with Crippen LogP contribution in [0.4, 0.5) is 0 Å². The van der Waals surface area contributed by atoms with Gasteiger partial charge in [0.1, 0.15) is 5.75 Å². The number of carbonyl (C=O) groups is 1. The minimum Gasteiger partial charge on any atom is -0.497 e. The lowest BCUT2D eigenvalue weighted by Gasteiger charge is -2.17. The van der Waals surface area contributed by atoms with Crippen molar-refractivity contribution in [2.24, 2.45) is 0 Å². The predicted octanol–water partition coefficient (Wildman–Crippen LogP) is 4.60. The number of aromatic nitrogens is 2. The Kier molecular flexibility index (Phi) is 6.49. The third-order valence-electron chi connectivity index (χ3n) is 5.63. The molecule has 0 radical (unpaired) electrons. The van der Waals surface area contributed by atoms with Gasteiger partial charge in [0.15, 0.2) is 11.5 Å². The van der Waals surface area contributed by atoms with Crippen molar-refractivity contribution < 1.29 is 19.0 Å². The van der Waals surface area contributed by atoms with Crippen LogP contribution in [-0.2, 0) is 6.54 Å². The Bertz CT molecular complexity index is 1280. The number of ether oxygens (including phenoxy) is 3. The lowest BCUT2D eigenvalue weighted by atomic mass is 10.1. The van der Waals surface area contributed by atoms with Crippen LogP contribution in [0.3, 0.4) is 0 Å². The number of hydrogen-bond acceptors (Lipinski definition) is 5. The Morgan fingerprint density at radius 2 is 1.79 bits per heavy atom. The van der Waals surface area contributed by atoms with Crippen molar-refractivity contribution in [2.45, 2.75) is 19.5 Å². The Balaban J connectivity index is 1.54. The first-order valence-corrected chi connectivity index (χ1v) is 10.6. The first-order valence-electron chi connectivity index (χ1n) is 10.6. The number of rotatable bonds is 8. The molecule has 1 aromatic heterocycles. The van der Waals surface area contributed by atoms with Crippen LogP contribution in [0.2, 0.25) is 0 Å². The van der Waals surface area contributed by atoms with Gasteiger partial charge in [0.05, 0.1) is 45.6 Å². The minimum atomic E-state index is -0.213. The second kappa shape index (κ2) is 9.65. The second-order valence-electron chi connectivity index (χ2n) is 7.74. The maximum absolute atomic E-state index is 13.0. The molecule has 7 heteroatoms. The fraction of sp³-hybridized carbons (Fsp3) is 0.231. The van der Waals surface area contributed by atoms with Crippen LogP contribution in [0, 0.1) is 0 Å². The van der Waals surface area contributed by atoms with E-state index in [9.17, 15) is 4.79 Å². The van der Waals surface area contributed by atoms with Crippen LogP contribution in [0.25, 0.3) is 10.9 Å². The fourth-order valence-electron chi connectivity index (χ4n) is 3.77. The summed E-state index contributed by atoms with van der Waals surface area (Å²) in [5.41, 5.74) is 3.45. The highest BCUT2D eigenvalue weighted by Crippen LogP contribution is 2.30. The van der Waals surface area contributed by atoms with Crippen LogP contribution in [0.15, 0.2) is 66.9 Å². The summed E-state index contributed by atoms with van der Waals surface area (Å²) in [6.07, 6.45) is 1.81. The van der Waals surface area contributed by atoms with E-state index >= 15 is 0 Å². The van der Waals surface area contributed by atoms with Gasteiger partial charge in [-0.2, -0.15) is 5.10 Å². The average molecular weight is 446 g/mol. The molecule has 4 aromatic rings. The Morgan fingerprint density at radius 3 is 2.55 bits per heavy atom. The molecule has 0 fully saturated rings. The van der Waals surface area contributed by atoms with E-state index in [1.165, 1.54) is 0 Å². The topological polar surface area (TPSA) is 74.6 Å². The molecule has 0 unspecified atom stereocenters. The van der Waals surface area contributed by atoms with Crippen molar-refractivity contribution in [3.8, 4) is 17.2 Å². The first-order chi connectivity index (χ1) is 16.0. The third-order valence-corrected chi connectivity index (χ3v) is 5.63. The van der Waals surface area contributed by atoms with Gasteiger partial charge < -0.3 is 19.5 Å². The molecule has 4 rings (SSSR count). The standard InChI is InChI=1S/C26H27N3O4/c1-17(19-10-11-24(32-3)25(14-19)33-4)28-26(30)20-8-9-21-15-27-29(23(21)13-20)16-18-6-5-7-22(12-18)31-2/h5-15,17H,16H2,1-4H3,(H,28,30)/t17-/m0/s1. The lowest BCUT2D eigenvalue weighted by molar-refractivity contribution is 0.0940. The van der Waals surface area contributed by atoms with Crippen molar-refractivity contribution >= 4 is 16.8 Å². The molecular formula is C26H27N3O4. The number of nitrogens with one attached hydrogen (secondary N) is 1. The van der Waals surface area contributed by atoms with Crippen LogP contribution in [0.5, 0.6) is 17.2 Å². The highest BCUT2D eigenvalue weighted by molar-refractivity contribution is 5.98. The number of benzene rings is 3. The van der Waals surface area contributed by atoms with E-state index in [2.05, 4.69) is 10.4 Å². The minimum absolute atomic E-state index is 0.159. The summed E-state index contributed by atoms with van der Waals surface area (Å²) in [6, 6.07) is 18.9. The van der Waals surface area contributed by atoms with Gasteiger partial charge in [-0.25, -0.2) is 0 Å². The lowest BCUT2D eigenvalue weighted by Crippen LogP contribution is -2.26. The molecule has 33 heavy (non-hydrogen) atoms. The molecule has 0 aliphatic heterocycles. The van der Waals surface area contributed by atoms with E-state index in [1.807, 2.05) is 78.5 Å². The van der Waals surface area contributed by atoms with Crippen molar-refractivity contribution in [3.05, 3.63) is 83.6 Å². The quantitative estimate of drug-likeness (QED) is 0.429. The molecule has 1 amide bonds. The van der Waals surface area contributed by atoms with Crippen molar-refractivity contribution in [1.29, 1.82) is 0 Å². The van der Waals surface area contributed by atoms with Gasteiger partial charge in [-0.05, 0) is 54.4 Å². The van der Waals surface area contributed by atoms with E-state index in [0.29, 0.717) is 23.6 Å². The molecular weight excluding hydrogens is 418 g/mol. The summed E-state index contributed by atoms with van der Waals surface area (Å²) >= 11 is 0. The Morgan fingerprint density at radius 1 is 0.970 bits per heavy atom. The van der Waals surface area contributed by atoms with Gasteiger partial charge in [0.25, 0.3) is 5.91 Å². The average Bonchev–Trinajstić information content (AvgIpc) is 3.25. The number of fused-ring (bicyclic) bond motifs is 1. The molecule has 7 nitrogen and oxygen atoms in total. The molecule has 1 N–H and O–H groups in total. The van der Waals surface area contributed by atoms with Crippen LogP contribution >= 0.6 is 0 Å². The monoisotopic (exact) mass is 445 g/mol. The zero-order valence-corrected chi connectivity index (χ0v) is 19.2. The molecule has 170 valence electrons. The molecule has 0 saturated heterocycles. The van der Waals surface area contributed by atoms with E-state index < -0.39 is 0 Å². The van der Waals surface area contributed by atoms with Crippen molar-refractivity contribution in [2.75, 3.05) is 21.3 Å². The highest BCUT2D eigenvalue weighted by atomic mass is 16.5. The largest absolute Gasteiger partial charge is 0.497 e. The van der Waals surface area contributed by atoms with Crippen LogP contribution < -0.4 is 19.5 Å². The van der Waals surface area contributed by atoms with Gasteiger partial charge in [-0.3, -0.25) is 9.48 Å². The molecule has 3 aromatic carbocycles. The van der Waals surface area contributed by atoms with E-state index in [4.69, 9.17) is 14.2 Å². The molecule has 0 aliphatic rings. The fourth-order valence-corrected chi connectivity index (χ4v) is 3.77. The summed E-state index contributed by atoms with van der Waals surface area (Å²) in [6.45, 7) is 2.51. The summed E-state index contributed by atoms with van der Waals surface area (Å²) in [5.74, 6) is 1.91. The number of hydrogen-bond donors (Lipinski definition) is 1. The molecule has 1 atom stereocenters. The summed E-state index contributed by atoms with van der Waals surface area (Å²) in [4.78, 5) is 13.0. The molecule has 0 aliphatic carbocycles. The van der Waals surface area contributed by atoms with E-state index in [0.717, 1.165) is 27.8 Å². The van der Waals surface area contributed by atoms with Gasteiger partial charge in [0, 0.05) is 10.9 Å².